The van der Waals surface area contributed by atoms with E-state index in [4.69, 9.17) is 4.52 Å². The maximum Gasteiger partial charge on any atom is 0.351 e. The molecule has 1 saturated carbocycles. The number of aryl methyl sites for hydroxylation is 1. The number of amides is 1. The van der Waals surface area contributed by atoms with Crippen LogP contribution in [0.2, 0.25) is 0 Å². The second-order valence-electron chi connectivity index (χ2n) is 6.74. The molecular formula is C18H17FN6O4. The molecule has 4 rings (SSSR count). The Hall–Kier alpha value is -3.63. The number of nitrogens with zero attached hydrogens (tertiary/aromatic N) is 5. The third-order valence-electron chi connectivity index (χ3n) is 4.43. The Morgan fingerprint density at radius 3 is 2.69 bits per heavy atom. The maximum atomic E-state index is 13.2. The molecule has 1 aromatic carbocycles. The summed E-state index contributed by atoms with van der Waals surface area (Å²) in [5, 5.41) is 10.6. The summed E-state index contributed by atoms with van der Waals surface area (Å²) in [5.41, 5.74) is -1.33. The van der Waals surface area contributed by atoms with Gasteiger partial charge >= 0.3 is 5.69 Å². The van der Waals surface area contributed by atoms with Gasteiger partial charge in [-0.05, 0) is 37.1 Å². The number of halogens is 1. The zero-order valence-corrected chi connectivity index (χ0v) is 15.5. The van der Waals surface area contributed by atoms with Crippen molar-refractivity contribution in [2.75, 3.05) is 0 Å². The first kappa shape index (κ1) is 18.7. The molecule has 11 heteroatoms. The first-order valence-corrected chi connectivity index (χ1v) is 9.01. The van der Waals surface area contributed by atoms with E-state index in [0.717, 1.165) is 22.1 Å². The fraction of sp³-hybridized carbons (Fsp3) is 0.333. The molecule has 0 radical (unpaired) electrons. The van der Waals surface area contributed by atoms with Crippen LogP contribution in [0.15, 0.2) is 38.4 Å². The third kappa shape index (κ3) is 3.98. The SMILES string of the molecule is Cn1c(=O)c(-c2noc(CCC(=O)NC3CC3)n2)nn(-c2ccc(F)cc2)c1=O. The summed E-state index contributed by atoms with van der Waals surface area (Å²) in [6.07, 6.45) is 2.38. The number of benzene rings is 1. The van der Waals surface area contributed by atoms with Gasteiger partial charge in [0.25, 0.3) is 5.56 Å². The van der Waals surface area contributed by atoms with Crippen LogP contribution in [0.4, 0.5) is 4.39 Å². The average molecular weight is 400 g/mol. The van der Waals surface area contributed by atoms with E-state index in [1.807, 2.05) is 0 Å². The highest BCUT2D eigenvalue weighted by Gasteiger charge is 2.24. The van der Waals surface area contributed by atoms with Gasteiger partial charge in [-0.3, -0.25) is 14.2 Å². The molecule has 0 aliphatic heterocycles. The molecule has 1 amide bonds. The van der Waals surface area contributed by atoms with Crippen LogP contribution in [0.3, 0.4) is 0 Å². The second kappa shape index (κ2) is 7.41. The predicted octanol–water partition coefficient (Wildman–Crippen LogP) is 0.331. The van der Waals surface area contributed by atoms with Crippen LogP contribution in [-0.4, -0.2) is 36.4 Å². The van der Waals surface area contributed by atoms with Crippen molar-refractivity contribution in [1.82, 2.24) is 29.8 Å². The van der Waals surface area contributed by atoms with Crippen molar-refractivity contribution in [2.24, 2.45) is 7.05 Å². The molecule has 0 bridgehead atoms. The Labute approximate surface area is 163 Å². The molecule has 150 valence electrons. The van der Waals surface area contributed by atoms with Crippen molar-refractivity contribution >= 4 is 5.91 Å². The van der Waals surface area contributed by atoms with E-state index >= 15 is 0 Å². The lowest BCUT2D eigenvalue weighted by Crippen LogP contribution is -2.40. The van der Waals surface area contributed by atoms with E-state index in [2.05, 4.69) is 20.6 Å². The molecule has 29 heavy (non-hydrogen) atoms. The fourth-order valence-corrected chi connectivity index (χ4v) is 2.66. The molecule has 1 aliphatic carbocycles. The molecule has 3 aromatic rings. The third-order valence-corrected chi connectivity index (χ3v) is 4.43. The van der Waals surface area contributed by atoms with E-state index in [-0.39, 0.29) is 47.9 Å². The van der Waals surface area contributed by atoms with Crippen LogP contribution in [0.25, 0.3) is 17.2 Å². The van der Waals surface area contributed by atoms with Gasteiger partial charge < -0.3 is 9.84 Å². The zero-order chi connectivity index (χ0) is 20.5. The zero-order valence-electron chi connectivity index (χ0n) is 15.5. The number of hydrogen-bond acceptors (Lipinski definition) is 7. The number of hydrogen-bond donors (Lipinski definition) is 1. The quantitative estimate of drug-likeness (QED) is 0.632. The minimum Gasteiger partial charge on any atom is -0.353 e. The molecule has 0 atom stereocenters. The smallest absolute Gasteiger partial charge is 0.351 e. The van der Waals surface area contributed by atoms with Crippen molar-refractivity contribution < 1.29 is 13.7 Å². The van der Waals surface area contributed by atoms with E-state index in [0.29, 0.717) is 0 Å². The molecule has 0 spiro atoms. The van der Waals surface area contributed by atoms with E-state index in [1.165, 1.54) is 31.3 Å². The van der Waals surface area contributed by atoms with Crippen molar-refractivity contribution in [3.8, 4) is 17.2 Å². The summed E-state index contributed by atoms with van der Waals surface area (Å²) in [5.74, 6) is -0.500. The summed E-state index contributed by atoms with van der Waals surface area (Å²) in [6, 6.07) is 5.33. The fourth-order valence-electron chi connectivity index (χ4n) is 2.66. The Kier molecular flexibility index (Phi) is 4.79. The Bertz CT molecular complexity index is 1180. The summed E-state index contributed by atoms with van der Waals surface area (Å²) in [7, 11) is 1.29. The molecule has 1 fully saturated rings. The highest BCUT2D eigenvalue weighted by Crippen LogP contribution is 2.19. The molecule has 1 N–H and O–H groups in total. The first-order valence-electron chi connectivity index (χ1n) is 9.01. The largest absolute Gasteiger partial charge is 0.353 e. The summed E-state index contributed by atoms with van der Waals surface area (Å²) in [6.45, 7) is 0. The van der Waals surface area contributed by atoms with E-state index in [9.17, 15) is 18.8 Å². The lowest BCUT2D eigenvalue weighted by molar-refractivity contribution is -0.121. The standard InChI is InChI=1S/C18H17FN6O4/c1-24-17(27)15(22-25(18(24)28)12-6-2-10(19)3-7-12)16-21-14(29-23-16)9-8-13(26)20-11-4-5-11/h2-3,6-7,11H,4-5,8-9H2,1H3,(H,20,26). The number of rotatable bonds is 6. The van der Waals surface area contributed by atoms with Crippen LogP contribution in [0.1, 0.15) is 25.2 Å². The van der Waals surface area contributed by atoms with Crippen LogP contribution < -0.4 is 16.6 Å². The number of carbonyl (C=O) groups is 1. The molecule has 1 aliphatic rings. The van der Waals surface area contributed by atoms with Gasteiger partial charge in [0.05, 0.1) is 5.69 Å². The highest BCUT2D eigenvalue weighted by molar-refractivity contribution is 5.76. The molecule has 10 nitrogen and oxygen atoms in total. The maximum absolute atomic E-state index is 13.2. The minimum absolute atomic E-state index is 0.0981. The van der Waals surface area contributed by atoms with Gasteiger partial charge in [-0.25, -0.2) is 9.18 Å². The average Bonchev–Trinajstić information content (AvgIpc) is 3.39. The van der Waals surface area contributed by atoms with E-state index in [1.54, 1.807) is 0 Å². The van der Waals surface area contributed by atoms with Crippen molar-refractivity contribution in [3.63, 3.8) is 0 Å². The summed E-state index contributed by atoms with van der Waals surface area (Å²) in [4.78, 5) is 40.8. The lowest BCUT2D eigenvalue weighted by Gasteiger charge is -2.07. The van der Waals surface area contributed by atoms with Crippen molar-refractivity contribution in [3.05, 3.63) is 56.8 Å². The summed E-state index contributed by atoms with van der Waals surface area (Å²) >= 11 is 0. The molecule has 2 heterocycles. The van der Waals surface area contributed by atoms with Gasteiger partial charge in [-0.2, -0.15) is 14.8 Å². The first-order chi connectivity index (χ1) is 13.9. The van der Waals surface area contributed by atoms with Crippen LogP contribution in [-0.2, 0) is 18.3 Å². The predicted molar refractivity (Wildman–Crippen MR) is 97.8 cm³/mol. The lowest BCUT2D eigenvalue weighted by atomic mass is 10.3. The Morgan fingerprint density at radius 2 is 2.00 bits per heavy atom. The Balaban J connectivity index is 1.62. The summed E-state index contributed by atoms with van der Waals surface area (Å²) < 4.78 is 20.1. The van der Waals surface area contributed by atoms with Crippen molar-refractivity contribution in [2.45, 2.75) is 31.7 Å². The number of carbonyl (C=O) groups excluding carboxylic acids is 1. The van der Waals surface area contributed by atoms with Gasteiger partial charge in [0, 0.05) is 25.9 Å². The molecule has 2 aromatic heterocycles. The van der Waals surface area contributed by atoms with E-state index < -0.39 is 17.1 Å². The van der Waals surface area contributed by atoms with Gasteiger partial charge in [-0.15, -0.1) is 0 Å². The minimum atomic E-state index is -0.703. The normalized spacial score (nSPS) is 13.4. The Morgan fingerprint density at radius 1 is 1.28 bits per heavy atom. The van der Waals surface area contributed by atoms with Crippen molar-refractivity contribution in [1.29, 1.82) is 0 Å². The van der Waals surface area contributed by atoms with Crippen LogP contribution in [0.5, 0.6) is 0 Å². The van der Waals surface area contributed by atoms with Gasteiger partial charge in [0.2, 0.25) is 17.6 Å². The topological polar surface area (TPSA) is 125 Å². The molecule has 0 saturated heterocycles. The second-order valence-corrected chi connectivity index (χ2v) is 6.74. The van der Waals surface area contributed by atoms with Crippen LogP contribution in [0, 0.1) is 5.82 Å². The monoisotopic (exact) mass is 400 g/mol. The number of nitrogens with one attached hydrogen (secondary N) is 1. The number of aromatic nitrogens is 5. The molecule has 0 unspecified atom stereocenters. The van der Waals surface area contributed by atoms with Gasteiger partial charge in [0.1, 0.15) is 5.82 Å². The highest BCUT2D eigenvalue weighted by atomic mass is 19.1. The van der Waals surface area contributed by atoms with Crippen LogP contribution >= 0.6 is 0 Å². The molecular weight excluding hydrogens is 383 g/mol. The van der Waals surface area contributed by atoms with Gasteiger partial charge in [-0.1, -0.05) is 5.16 Å². The van der Waals surface area contributed by atoms with Gasteiger partial charge in [0.15, 0.2) is 5.69 Å².